The fraction of sp³-hybridized carbons (Fsp3) is 0.615. The maximum Gasteiger partial charge on any atom is 0.287 e. The summed E-state index contributed by atoms with van der Waals surface area (Å²) in [6, 6.07) is 2.79. The molecule has 1 saturated heterocycles. The zero-order valence-electron chi connectivity index (χ0n) is 11.0. The van der Waals surface area contributed by atoms with Crippen molar-refractivity contribution in [2.24, 2.45) is 0 Å². The van der Waals surface area contributed by atoms with Gasteiger partial charge in [0.2, 0.25) is 0 Å². The van der Waals surface area contributed by atoms with E-state index in [-0.39, 0.29) is 5.69 Å². The molecule has 1 atom stereocenters. The number of nitrogens with one attached hydrogen (secondary N) is 1. The number of hydrogen-bond acceptors (Lipinski definition) is 5. The Kier molecular flexibility index (Phi) is 3.10. The molecule has 1 unspecified atom stereocenters. The van der Waals surface area contributed by atoms with Gasteiger partial charge in [-0.1, -0.05) is 0 Å². The van der Waals surface area contributed by atoms with Gasteiger partial charge in [-0.25, -0.2) is 4.98 Å². The molecule has 2 fully saturated rings. The molecule has 102 valence electrons. The summed E-state index contributed by atoms with van der Waals surface area (Å²) in [5.41, 5.74) is 0.883. The lowest BCUT2D eigenvalue weighted by Crippen LogP contribution is -2.28. The fourth-order valence-electron chi connectivity index (χ4n) is 2.68. The number of rotatable bonds is 4. The molecule has 1 saturated carbocycles. The molecular weight excluding hydrogens is 244 g/mol. The summed E-state index contributed by atoms with van der Waals surface area (Å²) in [7, 11) is 0. The molecule has 19 heavy (non-hydrogen) atoms. The maximum absolute atomic E-state index is 10.7. The second kappa shape index (κ2) is 4.77. The van der Waals surface area contributed by atoms with Gasteiger partial charge in [-0.2, -0.15) is 0 Å². The Morgan fingerprint density at radius 2 is 2.26 bits per heavy atom. The van der Waals surface area contributed by atoms with Gasteiger partial charge in [0.25, 0.3) is 5.69 Å². The van der Waals surface area contributed by atoms with Crippen LogP contribution in [0.1, 0.15) is 24.8 Å². The summed E-state index contributed by atoms with van der Waals surface area (Å²) in [5, 5.41) is 14.1. The minimum absolute atomic E-state index is 0.0501. The van der Waals surface area contributed by atoms with Crippen LogP contribution in [0.25, 0.3) is 0 Å². The topological polar surface area (TPSA) is 71.3 Å². The van der Waals surface area contributed by atoms with Crippen molar-refractivity contribution in [3.63, 3.8) is 0 Å². The zero-order valence-corrected chi connectivity index (χ0v) is 11.0. The third-order valence-corrected chi connectivity index (χ3v) is 3.90. The van der Waals surface area contributed by atoms with Crippen molar-refractivity contribution < 1.29 is 4.92 Å². The second-order valence-electron chi connectivity index (χ2n) is 5.47. The summed E-state index contributed by atoms with van der Waals surface area (Å²) < 4.78 is 0. The SMILES string of the molecule is Cc1cc([N+](=O)[O-])cnc1NC1CCN(C2CC2)C1. The summed E-state index contributed by atoms with van der Waals surface area (Å²) in [6.07, 6.45) is 5.11. The number of nitrogens with zero attached hydrogens (tertiary/aromatic N) is 3. The lowest BCUT2D eigenvalue weighted by Gasteiger charge is -2.17. The number of pyridine rings is 1. The van der Waals surface area contributed by atoms with Crippen LogP contribution >= 0.6 is 0 Å². The number of nitro groups is 1. The van der Waals surface area contributed by atoms with E-state index in [9.17, 15) is 10.1 Å². The van der Waals surface area contributed by atoms with Crippen molar-refractivity contribution in [1.29, 1.82) is 0 Å². The largest absolute Gasteiger partial charge is 0.366 e. The quantitative estimate of drug-likeness (QED) is 0.663. The van der Waals surface area contributed by atoms with Crippen molar-refractivity contribution >= 4 is 11.5 Å². The first-order valence-electron chi connectivity index (χ1n) is 6.75. The standard InChI is InChI=1S/C13H18N4O2/c1-9-6-12(17(18)19)7-14-13(9)15-10-4-5-16(8-10)11-2-3-11/h6-7,10-11H,2-5,8H2,1H3,(H,14,15). The predicted octanol–water partition coefficient (Wildman–Crippen LogP) is 1.95. The highest BCUT2D eigenvalue weighted by atomic mass is 16.6. The number of aryl methyl sites for hydroxylation is 1. The normalized spacial score (nSPS) is 23.5. The Bertz CT molecular complexity index is 501. The zero-order chi connectivity index (χ0) is 13.4. The first kappa shape index (κ1) is 12.3. The molecule has 1 aromatic rings. The molecular formula is C13H18N4O2. The highest BCUT2D eigenvalue weighted by molar-refractivity contribution is 5.49. The van der Waals surface area contributed by atoms with E-state index in [2.05, 4.69) is 15.2 Å². The molecule has 6 nitrogen and oxygen atoms in total. The van der Waals surface area contributed by atoms with Gasteiger partial charge in [0.15, 0.2) is 0 Å². The monoisotopic (exact) mass is 262 g/mol. The molecule has 0 radical (unpaired) electrons. The fourth-order valence-corrected chi connectivity index (χ4v) is 2.68. The summed E-state index contributed by atoms with van der Waals surface area (Å²) in [6.45, 7) is 4.06. The van der Waals surface area contributed by atoms with E-state index in [4.69, 9.17) is 0 Å². The summed E-state index contributed by atoms with van der Waals surface area (Å²) in [5.74, 6) is 0.772. The average molecular weight is 262 g/mol. The second-order valence-corrected chi connectivity index (χ2v) is 5.47. The van der Waals surface area contributed by atoms with Gasteiger partial charge in [0.1, 0.15) is 12.0 Å². The first-order valence-corrected chi connectivity index (χ1v) is 6.75. The Balaban J connectivity index is 1.65. The lowest BCUT2D eigenvalue weighted by molar-refractivity contribution is -0.385. The molecule has 0 amide bonds. The molecule has 2 heterocycles. The van der Waals surface area contributed by atoms with Gasteiger partial charge in [0.05, 0.1) is 4.92 Å². The third-order valence-electron chi connectivity index (χ3n) is 3.90. The molecule has 1 aliphatic carbocycles. The molecule has 1 aromatic heterocycles. The van der Waals surface area contributed by atoms with Crippen LogP contribution < -0.4 is 5.32 Å². The molecule has 0 spiro atoms. The lowest BCUT2D eigenvalue weighted by atomic mass is 10.2. The van der Waals surface area contributed by atoms with Crippen molar-refractivity contribution in [3.8, 4) is 0 Å². The van der Waals surface area contributed by atoms with E-state index in [1.807, 2.05) is 6.92 Å². The van der Waals surface area contributed by atoms with E-state index in [0.717, 1.165) is 36.9 Å². The molecule has 0 aromatic carbocycles. The summed E-state index contributed by atoms with van der Waals surface area (Å²) >= 11 is 0. The molecule has 0 bridgehead atoms. The van der Waals surface area contributed by atoms with Crippen LogP contribution in [0.3, 0.4) is 0 Å². The van der Waals surface area contributed by atoms with Crippen LogP contribution in [0.15, 0.2) is 12.3 Å². The first-order chi connectivity index (χ1) is 9.13. The van der Waals surface area contributed by atoms with E-state index >= 15 is 0 Å². The molecule has 1 N–H and O–H groups in total. The van der Waals surface area contributed by atoms with Crippen molar-refractivity contribution in [1.82, 2.24) is 9.88 Å². The Hall–Kier alpha value is -1.69. The highest BCUT2D eigenvalue weighted by Gasteiger charge is 2.34. The van der Waals surface area contributed by atoms with E-state index in [1.165, 1.54) is 19.0 Å². The van der Waals surface area contributed by atoms with Gasteiger partial charge in [-0.05, 0) is 31.7 Å². The van der Waals surface area contributed by atoms with Gasteiger partial charge >= 0.3 is 0 Å². The molecule has 1 aliphatic heterocycles. The minimum Gasteiger partial charge on any atom is -0.366 e. The van der Waals surface area contributed by atoms with E-state index in [0.29, 0.717) is 6.04 Å². The number of hydrogen-bond donors (Lipinski definition) is 1. The van der Waals surface area contributed by atoms with Crippen LogP contribution in [0.5, 0.6) is 0 Å². The van der Waals surface area contributed by atoms with Crippen LogP contribution in [-0.2, 0) is 0 Å². The molecule has 6 heteroatoms. The maximum atomic E-state index is 10.7. The highest BCUT2D eigenvalue weighted by Crippen LogP contribution is 2.30. The van der Waals surface area contributed by atoms with Crippen LogP contribution in [0.2, 0.25) is 0 Å². The summed E-state index contributed by atoms with van der Waals surface area (Å²) in [4.78, 5) is 17.0. The Labute approximate surface area is 112 Å². The van der Waals surface area contributed by atoms with E-state index in [1.54, 1.807) is 6.07 Å². The molecule has 3 rings (SSSR count). The smallest absolute Gasteiger partial charge is 0.287 e. The minimum atomic E-state index is -0.409. The third kappa shape index (κ3) is 2.68. The number of aromatic nitrogens is 1. The number of likely N-dealkylation sites (tertiary alicyclic amines) is 1. The van der Waals surface area contributed by atoms with Gasteiger partial charge in [0, 0.05) is 31.2 Å². The number of anilines is 1. The van der Waals surface area contributed by atoms with Crippen molar-refractivity contribution in [3.05, 3.63) is 27.9 Å². The Morgan fingerprint density at radius 3 is 2.89 bits per heavy atom. The van der Waals surface area contributed by atoms with Gasteiger partial charge < -0.3 is 5.32 Å². The predicted molar refractivity (Wildman–Crippen MR) is 72.3 cm³/mol. The van der Waals surface area contributed by atoms with Crippen LogP contribution in [0, 0.1) is 17.0 Å². The van der Waals surface area contributed by atoms with E-state index < -0.39 is 4.92 Å². The Morgan fingerprint density at radius 1 is 1.47 bits per heavy atom. The van der Waals surface area contributed by atoms with Crippen LogP contribution in [-0.4, -0.2) is 40.0 Å². The van der Waals surface area contributed by atoms with Crippen LogP contribution in [0.4, 0.5) is 11.5 Å². The van der Waals surface area contributed by atoms with Crippen molar-refractivity contribution in [2.75, 3.05) is 18.4 Å². The van der Waals surface area contributed by atoms with Gasteiger partial charge in [-0.3, -0.25) is 15.0 Å². The van der Waals surface area contributed by atoms with Gasteiger partial charge in [-0.15, -0.1) is 0 Å². The average Bonchev–Trinajstić information content (AvgIpc) is 3.12. The molecule has 2 aliphatic rings. The van der Waals surface area contributed by atoms with Crippen molar-refractivity contribution in [2.45, 2.75) is 38.3 Å².